The maximum absolute atomic E-state index is 6.91. The first-order chi connectivity index (χ1) is 20.2. The maximum Gasteiger partial charge on any atom is 0.495 e. The van der Waals surface area contributed by atoms with Gasteiger partial charge in [-0.15, -0.1) is 0 Å². The van der Waals surface area contributed by atoms with Crippen molar-refractivity contribution in [1.82, 2.24) is 4.40 Å². The minimum atomic E-state index is -0.369. The first-order valence-corrected chi connectivity index (χ1v) is 17.1. The number of hydrogen-bond acceptors (Lipinski definition) is 2. The van der Waals surface area contributed by atoms with Crippen LogP contribution in [0, 0.1) is 0 Å². The topological polar surface area (TPSA) is 26.8 Å². The number of unbranched alkanes of at least 4 members (excludes halogenated alkanes) is 1. The number of rotatable bonds is 6. The normalized spacial score (nSPS) is 31.0. The number of hydrogen-bond donors (Lipinski definition) is 0. The Hall–Kier alpha value is -2.37. The maximum atomic E-state index is 6.91. The van der Waals surface area contributed by atoms with Gasteiger partial charge in [-0.2, -0.15) is 4.40 Å². The van der Waals surface area contributed by atoms with Crippen LogP contribution in [0.3, 0.4) is 0 Å². The second kappa shape index (κ2) is 8.26. The number of nitrogens with zero attached hydrogens (tertiary/aromatic N) is 2. The van der Waals surface area contributed by atoms with Crippen molar-refractivity contribution in [2.24, 2.45) is 0 Å². The van der Waals surface area contributed by atoms with Gasteiger partial charge in [-0.3, -0.25) is 0 Å². The molecule has 43 heavy (non-hydrogen) atoms. The molecule has 2 aromatic heterocycles. The summed E-state index contributed by atoms with van der Waals surface area (Å²) in [5.74, 6) is 0. The summed E-state index contributed by atoms with van der Waals surface area (Å²) in [6, 6.07) is 12.3. The molecule has 3 atom stereocenters. The zero-order chi connectivity index (χ0) is 30.5. The van der Waals surface area contributed by atoms with E-state index in [1.807, 2.05) is 0 Å². The SMILES string of the molecule is CCCCC1(C)OB(c2ccc3c4c2ccn2c5cc6c(cc5[n+](c42)C2(CC)CC32CC)C(C)(C)CC6(C)C)OC1(C)C. The Morgan fingerprint density at radius 3 is 2.23 bits per heavy atom. The largest absolute Gasteiger partial charge is 0.495 e. The van der Waals surface area contributed by atoms with Crippen LogP contribution in [-0.2, 0) is 31.1 Å². The number of benzene rings is 2. The highest BCUT2D eigenvalue weighted by Crippen LogP contribution is 2.67. The highest BCUT2D eigenvalue weighted by atomic mass is 16.7. The van der Waals surface area contributed by atoms with Crippen LogP contribution >= 0.6 is 0 Å². The van der Waals surface area contributed by atoms with Gasteiger partial charge in [0.1, 0.15) is 5.54 Å². The minimum Gasteiger partial charge on any atom is -0.399 e. The molecular weight excluding hydrogens is 527 g/mol. The molecule has 0 spiro atoms. The van der Waals surface area contributed by atoms with Crippen LogP contribution < -0.4 is 10.0 Å². The van der Waals surface area contributed by atoms with E-state index in [1.54, 1.807) is 0 Å². The lowest BCUT2D eigenvalue weighted by Crippen LogP contribution is -2.53. The van der Waals surface area contributed by atoms with Crippen LogP contribution in [0.25, 0.3) is 27.5 Å². The summed E-state index contributed by atoms with van der Waals surface area (Å²) in [6.45, 7) is 23.5. The summed E-state index contributed by atoms with van der Waals surface area (Å²) in [5, 5.41) is 2.70. The lowest BCUT2D eigenvalue weighted by atomic mass is 9.72. The lowest BCUT2D eigenvalue weighted by molar-refractivity contribution is -0.697. The van der Waals surface area contributed by atoms with Crippen LogP contribution in [0.15, 0.2) is 36.5 Å². The summed E-state index contributed by atoms with van der Waals surface area (Å²) in [6.07, 6.45) is 10.3. The Kier molecular flexibility index (Phi) is 5.40. The Labute approximate surface area is 258 Å². The molecule has 226 valence electrons. The van der Waals surface area contributed by atoms with Gasteiger partial charge < -0.3 is 9.31 Å². The summed E-state index contributed by atoms with van der Waals surface area (Å²) in [4.78, 5) is 0. The van der Waals surface area contributed by atoms with Crippen molar-refractivity contribution in [2.75, 3.05) is 0 Å². The molecule has 2 aromatic carbocycles. The van der Waals surface area contributed by atoms with Crippen molar-refractivity contribution in [3.05, 3.63) is 53.2 Å². The fourth-order valence-corrected chi connectivity index (χ4v) is 10.5. The number of imidazole rings is 1. The molecule has 4 nitrogen and oxygen atoms in total. The summed E-state index contributed by atoms with van der Waals surface area (Å²) >= 11 is 0. The van der Waals surface area contributed by atoms with Gasteiger partial charge in [0.15, 0.2) is 11.0 Å². The van der Waals surface area contributed by atoms with E-state index in [2.05, 4.69) is 115 Å². The van der Waals surface area contributed by atoms with Crippen molar-refractivity contribution < 1.29 is 13.9 Å². The van der Waals surface area contributed by atoms with E-state index in [9.17, 15) is 0 Å². The molecule has 5 heteroatoms. The quantitative estimate of drug-likeness (QED) is 0.171. The van der Waals surface area contributed by atoms with Gasteiger partial charge in [0.05, 0.1) is 22.8 Å². The smallest absolute Gasteiger partial charge is 0.399 e. The molecule has 4 aromatic rings. The first-order valence-electron chi connectivity index (χ1n) is 17.1. The van der Waals surface area contributed by atoms with Crippen LogP contribution in [0.2, 0.25) is 0 Å². The molecule has 2 aliphatic heterocycles. The van der Waals surface area contributed by atoms with Gasteiger partial charge in [-0.05, 0) is 103 Å². The number of pyridine rings is 1. The molecule has 2 fully saturated rings. The summed E-state index contributed by atoms with van der Waals surface area (Å²) in [7, 11) is -0.369. The van der Waals surface area contributed by atoms with E-state index in [0.717, 1.165) is 32.1 Å². The summed E-state index contributed by atoms with van der Waals surface area (Å²) < 4.78 is 19.0. The Morgan fingerprint density at radius 2 is 1.56 bits per heavy atom. The molecule has 8 rings (SSSR count). The van der Waals surface area contributed by atoms with Crippen molar-refractivity contribution >= 4 is 40.0 Å². The van der Waals surface area contributed by atoms with Crippen LogP contribution in [0.4, 0.5) is 0 Å². The molecule has 2 aliphatic carbocycles. The predicted octanol–water partition coefficient (Wildman–Crippen LogP) is 8.13. The van der Waals surface area contributed by atoms with E-state index >= 15 is 0 Å². The molecule has 0 amide bonds. The highest BCUT2D eigenvalue weighted by molar-refractivity contribution is 6.65. The molecule has 0 N–H and O–H groups in total. The molecule has 0 radical (unpaired) electrons. The monoisotopic (exact) mass is 577 g/mol. The Morgan fingerprint density at radius 1 is 0.837 bits per heavy atom. The van der Waals surface area contributed by atoms with Gasteiger partial charge in [-0.25, -0.2) is 4.57 Å². The summed E-state index contributed by atoms with van der Waals surface area (Å²) in [5.41, 5.74) is 9.82. The lowest BCUT2D eigenvalue weighted by Gasteiger charge is -2.36. The molecule has 4 aliphatic rings. The fourth-order valence-electron chi connectivity index (χ4n) is 10.5. The molecule has 3 unspecified atom stereocenters. The second-order valence-corrected chi connectivity index (χ2v) is 16.6. The Bertz CT molecular complexity index is 1870. The van der Waals surface area contributed by atoms with Crippen molar-refractivity contribution in [3.8, 4) is 0 Å². The second-order valence-electron chi connectivity index (χ2n) is 16.6. The Balaban J connectivity index is 1.43. The standard InChI is InChI=1S/C38H50BN2O2/c1-11-14-18-36(10)35(8,9)42-39(43-36)28-16-15-25-31-24(28)17-19-40-29-20-26-27(34(6,7)22-33(26,4)5)21-30(29)41(32(31)40)38(13-3)23-37(25,38)12-2/h15-17,19-21H,11-14,18,22-23H2,1-10H3/q+1. The van der Waals surface area contributed by atoms with Gasteiger partial charge in [0, 0.05) is 11.8 Å². The van der Waals surface area contributed by atoms with E-state index in [1.165, 1.54) is 62.4 Å². The fraction of sp³-hybridized carbons (Fsp3) is 0.605. The van der Waals surface area contributed by atoms with E-state index in [4.69, 9.17) is 9.31 Å². The number of fused-ring (bicyclic) bond motifs is 7. The van der Waals surface area contributed by atoms with Gasteiger partial charge in [0.25, 0.3) is 5.65 Å². The van der Waals surface area contributed by atoms with Crippen LogP contribution in [0.1, 0.15) is 131 Å². The average molecular weight is 578 g/mol. The molecule has 1 saturated heterocycles. The van der Waals surface area contributed by atoms with E-state index in [0.29, 0.717) is 0 Å². The predicted molar refractivity (Wildman–Crippen MR) is 178 cm³/mol. The zero-order valence-electron chi connectivity index (χ0n) is 28.2. The van der Waals surface area contributed by atoms with E-state index in [-0.39, 0.29) is 40.1 Å². The van der Waals surface area contributed by atoms with Crippen molar-refractivity contribution in [3.63, 3.8) is 0 Å². The first kappa shape index (κ1) is 28.1. The van der Waals surface area contributed by atoms with E-state index < -0.39 is 0 Å². The van der Waals surface area contributed by atoms with Gasteiger partial charge in [-0.1, -0.05) is 73.4 Å². The third-order valence-corrected chi connectivity index (χ3v) is 13.1. The van der Waals surface area contributed by atoms with Crippen molar-refractivity contribution in [1.29, 1.82) is 0 Å². The third-order valence-electron chi connectivity index (χ3n) is 13.1. The average Bonchev–Trinajstić information content (AvgIpc) is 3.36. The van der Waals surface area contributed by atoms with Gasteiger partial charge >= 0.3 is 7.12 Å². The zero-order valence-corrected chi connectivity index (χ0v) is 28.2. The molecular formula is C38H50BN2O2+. The van der Waals surface area contributed by atoms with Crippen molar-refractivity contribution in [2.45, 2.75) is 147 Å². The van der Waals surface area contributed by atoms with Crippen LogP contribution in [-0.4, -0.2) is 22.7 Å². The minimum absolute atomic E-state index is 0.116. The number of aromatic nitrogens is 2. The third kappa shape index (κ3) is 3.19. The van der Waals surface area contributed by atoms with Gasteiger partial charge in [0.2, 0.25) is 0 Å². The molecule has 4 heterocycles. The molecule has 0 bridgehead atoms. The van der Waals surface area contributed by atoms with Crippen LogP contribution in [0.5, 0.6) is 0 Å². The highest BCUT2D eigenvalue weighted by Gasteiger charge is 2.74. The molecule has 1 saturated carbocycles.